The average molecular weight is 442 g/mol. The molecule has 7 heteroatoms. The van der Waals surface area contributed by atoms with Gasteiger partial charge in [-0.15, -0.1) is 0 Å². The Balaban J connectivity index is 1.99. The van der Waals surface area contributed by atoms with Gasteiger partial charge in [0.2, 0.25) is 0 Å². The van der Waals surface area contributed by atoms with Gasteiger partial charge in [-0.25, -0.2) is 4.79 Å². The van der Waals surface area contributed by atoms with E-state index in [9.17, 15) is 14.7 Å². The van der Waals surface area contributed by atoms with Crippen LogP contribution in [0.15, 0.2) is 54.5 Å². The van der Waals surface area contributed by atoms with Crippen LogP contribution in [0.1, 0.15) is 51.2 Å². The first-order chi connectivity index (χ1) is 14.7. The Labute approximate surface area is 187 Å². The largest absolute Gasteiger partial charge is 0.481 e. The van der Waals surface area contributed by atoms with Gasteiger partial charge in [-0.1, -0.05) is 37.6 Å². The summed E-state index contributed by atoms with van der Waals surface area (Å²) in [6.45, 7) is 6.24. The summed E-state index contributed by atoms with van der Waals surface area (Å²) in [7, 11) is 0. The zero-order chi connectivity index (χ0) is 22.6. The molecular weight excluding hydrogens is 414 g/mol. The Bertz CT molecular complexity index is 991. The van der Waals surface area contributed by atoms with E-state index in [1.165, 1.54) is 4.90 Å². The van der Waals surface area contributed by atoms with Crippen LogP contribution in [-0.4, -0.2) is 22.1 Å². The molecule has 0 radical (unpaired) electrons. The van der Waals surface area contributed by atoms with Crippen LogP contribution >= 0.6 is 11.6 Å². The first-order valence-electron chi connectivity index (χ1n) is 10.4. The molecule has 1 aliphatic heterocycles. The third-order valence-corrected chi connectivity index (χ3v) is 6.03. The number of carboxylic acid groups (broad SMARTS) is 1. The van der Waals surface area contributed by atoms with Crippen LogP contribution in [0.5, 0.6) is 0 Å². The summed E-state index contributed by atoms with van der Waals surface area (Å²) >= 11 is 6.59. The van der Waals surface area contributed by atoms with Gasteiger partial charge in [-0.3, -0.25) is 14.7 Å². The number of pyridine rings is 1. The predicted molar refractivity (Wildman–Crippen MR) is 122 cm³/mol. The van der Waals surface area contributed by atoms with Gasteiger partial charge in [0.05, 0.1) is 11.2 Å². The Kier molecular flexibility index (Phi) is 7.01. The lowest BCUT2D eigenvalue weighted by molar-refractivity contribution is -0.137. The number of nitrogens with zero attached hydrogens (tertiary/aromatic N) is 2. The van der Waals surface area contributed by atoms with Crippen molar-refractivity contribution in [1.82, 2.24) is 10.3 Å². The SMILES string of the molecule is CC(C)CCc1ccc([C@]2(C)NC(=O)N(c3ccncc3)C=C2CCC(=O)O)cc1Cl. The number of amides is 2. The Morgan fingerprint density at radius 1 is 1.23 bits per heavy atom. The first kappa shape index (κ1) is 22.8. The summed E-state index contributed by atoms with van der Waals surface area (Å²) in [4.78, 5) is 29.7. The molecule has 1 aliphatic rings. The minimum Gasteiger partial charge on any atom is -0.481 e. The number of carbonyl (C=O) groups excluding carboxylic acids is 1. The molecule has 2 N–H and O–H groups in total. The number of hydrogen-bond donors (Lipinski definition) is 2. The molecule has 0 spiro atoms. The number of carboxylic acids is 1. The van der Waals surface area contributed by atoms with Crippen molar-refractivity contribution in [2.45, 2.75) is 52.0 Å². The molecule has 0 saturated carbocycles. The third-order valence-electron chi connectivity index (χ3n) is 5.67. The summed E-state index contributed by atoms with van der Waals surface area (Å²) in [5.41, 5.74) is 2.47. The zero-order valence-corrected chi connectivity index (χ0v) is 18.8. The van der Waals surface area contributed by atoms with Gasteiger partial charge >= 0.3 is 12.0 Å². The van der Waals surface area contributed by atoms with Gasteiger partial charge in [-0.05, 0) is 67.0 Å². The second-order valence-corrected chi connectivity index (χ2v) is 8.82. The second-order valence-electron chi connectivity index (χ2n) is 8.42. The van der Waals surface area contributed by atoms with Crippen molar-refractivity contribution in [2.24, 2.45) is 5.92 Å². The lowest BCUT2D eigenvalue weighted by atomic mass is 9.80. The van der Waals surface area contributed by atoms with Gasteiger partial charge < -0.3 is 10.4 Å². The molecule has 6 nitrogen and oxygen atoms in total. The molecule has 1 aromatic carbocycles. The van der Waals surface area contributed by atoms with Crippen molar-refractivity contribution in [2.75, 3.05) is 4.90 Å². The number of anilines is 1. The lowest BCUT2D eigenvalue weighted by Crippen LogP contribution is -2.54. The van der Waals surface area contributed by atoms with Crippen LogP contribution in [0, 0.1) is 5.92 Å². The number of halogens is 1. The van der Waals surface area contributed by atoms with Crippen LogP contribution in [0.4, 0.5) is 10.5 Å². The fraction of sp³-hybridized carbons (Fsp3) is 0.375. The van der Waals surface area contributed by atoms with Gasteiger partial charge in [0, 0.05) is 30.0 Å². The molecular formula is C24H28ClN3O3. The second kappa shape index (κ2) is 9.52. The van der Waals surface area contributed by atoms with E-state index in [0.717, 1.165) is 29.5 Å². The zero-order valence-electron chi connectivity index (χ0n) is 18.1. The molecule has 2 aromatic rings. The van der Waals surface area contributed by atoms with Crippen molar-refractivity contribution in [3.63, 3.8) is 0 Å². The van der Waals surface area contributed by atoms with Crippen LogP contribution in [0.25, 0.3) is 0 Å². The summed E-state index contributed by atoms with van der Waals surface area (Å²) in [5, 5.41) is 13.0. The number of urea groups is 1. The molecule has 0 unspecified atom stereocenters. The fourth-order valence-electron chi connectivity index (χ4n) is 3.71. The molecule has 0 saturated heterocycles. The number of benzene rings is 1. The molecule has 2 amide bonds. The number of aliphatic carboxylic acids is 1. The van der Waals surface area contributed by atoms with Crippen LogP contribution < -0.4 is 10.2 Å². The maximum absolute atomic E-state index is 13.0. The normalized spacial score (nSPS) is 18.7. The quantitative estimate of drug-likeness (QED) is 0.565. The Morgan fingerprint density at radius 2 is 1.94 bits per heavy atom. The number of rotatable bonds is 8. The van der Waals surface area contributed by atoms with E-state index in [0.29, 0.717) is 23.0 Å². The molecule has 1 aromatic heterocycles. The molecule has 2 heterocycles. The number of carbonyl (C=O) groups is 2. The fourth-order valence-corrected chi connectivity index (χ4v) is 3.99. The van der Waals surface area contributed by atoms with Crippen molar-refractivity contribution in [1.29, 1.82) is 0 Å². The van der Waals surface area contributed by atoms with E-state index in [1.54, 1.807) is 30.7 Å². The van der Waals surface area contributed by atoms with Crippen LogP contribution in [-0.2, 0) is 16.8 Å². The van der Waals surface area contributed by atoms with Crippen LogP contribution in [0.3, 0.4) is 0 Å². The number of nitrogens with one attached hydrogen (secondary N) is 1. The molecule has 164 valence electrons. The third kappa shape index (κ3) is 5.25. The highest BCUT2D eigenvalue weighted by molar-refractivity contribution is 6.31. The Morgan fingerprint density at radius 3 is 2.55 bits per heavy atom. The summed E-state index contributed by atoms with van der Waals surface area (Å²) in [6.07, 6.45) is 7.13. The van der Waals surface area contributed by atoms with Crippen molar-refractivity contribution >= 4 is 29.3 Å². The molecule has 0 bridgehead atoms. The number of aryl methyl sites for hydroxylation is 1. The monoisotopic (exact) mass is 441 g/mol. The van der Waals surface area contributed by atoms with Gasteiger partial charge in [0.15, 0.2) is 0 Å². The average Bonchev–Trinajstić information content (AvgIpc) is 2.72. The van der Waals surface area contributed by atoms with E-state index in [4.69, 9.17) is 11.6 Å². The van der Waals surface area contributed by atoms with Gasteiger partial charge in [0.25, 0.3) is 0 Å². The molecule has 0 aliphatic carbocycles. The van der Waals surface area contributed by atoms with Crippen molar-refractivity contribution in [3.05, 3.63) is 70.6 Å². The summed E-state index contributed by atoms with van der Waals surface area (Å²) < 4.78 is 0. The number of aromatic nitrogens is 1. The predicted octanol–water partition coefficient (Wildman–Crippen LogP) is 5.52. The van der Waals surface area contributed by atoms with E-state index < -0.39 is 11.5 Å². The van der Waals surface area contributed by atoms with E-state index >= 15 is 0 Å². The van der Waals surface area contributed by atoms with Crippen molar-refractivity contribution < 1.29 is 14.7 Å². The number of hydrogen-bond acceptors (Lipinski definition) is 3. The summed E-state index contributed by atoms with van der Waals surface area (Å²) in [5.74, 6) is -0.312. The van der Waals surface area contributed by atoms with Crippen molar-refractivity contribution in [3.8, 4) is 0 Å². The van der Waals surface area contributed by atoms with Gasteiger partial charge in [0.1, 0.15) is 0 Å². The highest BCUT2D eigenvalue weighted by Gasteiger charge is 2.39. The molecule has 3 rings (SSSR count). The maximum atomic E-state index is 13.0. The minimum atomic E-state index is -0.891. The molecule has 31 heavy (non-hydrogen) atoms. The molecule has 0 fully saturated rings. The van der Waals surface area contributed by atoms with E-state index in [1.807, 2.05) is 25.1 Å². The van der Waals surface area contributed by atoms with Gasteiger partial charge in [-0.2, -0.15) is 0 Å². The van der Waals surface area contributed by atoms with E-state index in [2.05, 4.69) is 24.1 Å². The highest BCUT2D eigenvalue weighted by Crippen LogP contribution is 2.38. The van der Waals surface area contributed by atoms with Crippen LogP contribution in [0.2, 0.25) is 5.02 Å². The molecule has 1 atom stereocenters. The minimum absolute atomic E-state index is 0.0400. The highest BCUT2D eigenvalue weighted by atomic mass is 35.5. The smallest absolute Gasteiger partial charge is 0.326 e. The Hall–Kier alpha value is -2.86. The lowest BCUT2D eigenvalue weighted by Gasteiger charge is -2.41. The first-order valence-corrected chi connectivity index (χ1v) is 10.8. The standard InChI is InChI=1S/C24H28ClN3O3/c1-16(2)4-5-17-6-7-18(14-21(17)25)24(3)19(8-9-22(29)30)15-28(23(31)27-24)20-10-12-26-13-11-20/h6-7,10-16H,4-5,8-9H2,1-3H3,(H,27,31)(H,29,30)/t24-/m0/s1. The topological polar surface area (TPSA) is 82.5 Å². The van der Waals surface area contributed by atoms with E-state index in [-0.39, 0.29) is 12.5 Å². The maximum Gasteiger partial charge on any atom is 0.326 e. The summed E-state index contributed by atoms with van der Waals surface area (Å²) in [6, 6.07) is 9.02.